The molecule has 0 aliphatic carbocycles. The van der Waals surface area contributed by atoms with Gasteiger partial charge in [-0.15, -0.1) is 12.6 Å². The minimum absolute atomic E-state index is 0.480. The second kappa shape index (κ2) is 2.91. The molecule has 0 bridgehead atoms. The van der Waals surface area contributed by atoms with E-state index in [1.165, 1.54) is 0 Å². The summed E-state index contributed by atoms with van der Waals surface area (Å²) in [7, 11) is 0. The van der Waals surface area contributed by atoms with E-state index in [1.807, 2.05) is 0 Å². The lowest BCUT2D eigenvalue weighted by Crippen LogP contribution is -1.84. The second-order valence-electron chi connectivity index (χ2n) is 1.83. The number of halogens is 2. The molecule has 1 nitrogen and oxygen atoms in total. The largest absolute Gasteiger partial charge is 0.399 e. The fraction of sp³-hybridized carbons (Fsp3) is 0. The predicted molar refractivity (Wildman–Crippen MR) is 48.1 cm³/mol. The lowest BCUT2D eigenvalue weighted by atomic mass is 10.3. The molecule has 1 aromatic carbocycles. The van der Waals surface area contributed by atoms with Gasteiger partial charge in [-0.25, -0.2) is 0 Å². The monoisotopic (exact) mass is 193 g/mol. The molecule has 0 saturated carbocycles. The standard InChI is InChI=1S/C6H5Cl2NS/c7-4-1-3(9)2-5(8)6(4)10/h1-2,10H,9H2. The van der Waals surface area contributed by atoms with Crippen molar-refractivity contribution in [2.75, 3.05) is 5.73 Å². The normalized spacial score (nSPS) is 9.90. The number of thiol groups is 1. The van der Waals surface area contributed by atoms with Crippen LogP contribution in [0.15, 0.2) is 17.0 Å². The van der Waals surface area contributed by atoms with Crippen molar-refractivity contribution in [1.82, 2.24) is 0 Å². The van der Waals surface area contributed by atoms with E-state index in [0.717, 1.165) is 0 Å². The summed E-state index contributed by atoms with van der Waals surface area (Å²) in [5, 5.41) is 0.960. The third-order valence-corrected chi connectivity index (χ3v) is 2.38. The van der Waals surface area contributed by atoms with E-state index in [1.54, 1.807) is 12.1 Å². The summed E-state index contributed by atoms with van der Waals surface area (Å²) in [5.41, 5.74) is 5.97. The zero-order chi connectivity index (χ0) is 7.72. The number of anilines is 1. The van der Waals surface area contributed by atoms with Crippen LogP contribution in [0.1, 0.15) is 0 Å². The molecule has 0 radical (unpaired) electrons. The van der Waals surface area contributed by atoms with Crippen LogP contribution in [-0.2, 0) is 0 Å². The second-order valence-corrected chi connectivity index (χ2v) is 3.09. The SMILES string of the molecule is Nc1cc(Cl)c(S)c(Cl)c1. The topological polar surface area (TPSA) is 26.0 Å². The Hall–Kier alpha value is -0.0500. The van der Waals surface area contributed by atoms with Crippen LogP contribution in [0, 0.1) is 0 Å². The molecule has 0 fully saturated rings. The molecule has 0 amide bonds. The average Bonchev–Trinajstić information content (AvgIpc) is 1.82. The molecule has 10 heavy (non-hydrogen) atoms. The molecule has 0 aliphatic rings. The van der Waals surface area contributed by atoms with Gasteiger partial charge >= 0.3 is 0 Å². The highest BCUT2D eigenvalue weighted by atomic mass is 35.5. The van der Waals surface area contributed by atoms with Gasteiger partial charge in [0.15, 0.2) is 0 Å². The Bertz CT molecular complexity index is 239. The first-order valence-electron chi connectivity index (χ1n) is 2.54. The third kappa shape index (κ3) is 1.51. The van der Waals surface area contributed by atoms with Crippen LogP contribution in [-0.4, -0.2) is 0 Å². The molecule has 0 atom stereocenters. The highest BCUT2D eigenvalue weighted by Gasteiger charge is 2.01. The summed E-state index contributed by atoms with van der Waals surface area (Å²) in [4.78, 5) is 0.567. The molecule has 4 heteroatoms. The van der Waals surface area contributed by atoms with Gasteiger partial charge in [0.1, 0.15) is 0 Å². The molecule has 0 spiro atoms. The molecule has 54 valence electrons. The Labute approximate surface area is 74.5 Å². The lowest BCUT2D eigenvalue weighted by Gasteiger charge is -2.00. The van der Waals surface area contributed by atoms with E-state index in [4.69, 9.17) is 28.9 Å². The van der Waals surface area contributed by atoms with Gasteiger partial charge in [0.05, 0.1) is 10.0 Å². The average molecular weight is 194 g/mol. The fourth-order valence-corrected chi connectivity index (χ4v) is 1.22. The summed E-state index contributed by atoms with van der Waals surface area (Å²) in [6.45, 7) is 0. The fourth-order valence-electron chi connectivity index (χ4n) is 0.585. The van der Waals surface area contributed by atoms with Gasteiger partial charge in [-0.3, -0.25) is 0 Å². The van der Waals surface area contributed by atoms with Crippen LogP contribution >= 0.6 is 35.8 Å². The highest BCUT2D eigenvalue weighted by Crippen LogP contribution is 2.30. The van der Waals surface area contributed by atoms with Crippen LogP contribution in [0.4, 0.5) is 5.69 Å². The lowest BCUT2D eigenvalue weighted by molar-refractivity contribution is 1.47. The van der Waals surface area contributed by atoms with Gasteiger partial charge in [-0.2, -0.15) is 0 Å². The molecule has 0 heterocycles. The summed E-state index contributed by atoms with van der Waals surface area (Å²) in [6, 6.07) is 3.21. The summed E-state index contributed by atoms with van der Waals surface area (Å²) in [6.07, 6.45) is 0. The number of hydrogen-bond acceptors (Lipinski definition) is 2. The molecule has 0 aromatic heterocycles. The van der Waals surface area contributed by atoms with Gasteiger partial charge in [0.25, 0.3) is 0 Å². The summed E-state index contributed by atoms with van der Waals surface area (Å²) < 4.78 is 0. The van der Waals surface area contributed by atoms with Crippen molar-refractivity contribution in [2.24, 2.45) is 0 Å². The number of rotatable bonds is 0. The van der Waals surface area contributed by atoms with E-state index in [0.29, 0.717) is 20.6 Å². The molecule has 0 saturated heterocycles. The van der Waals surface area contributed by atoms with Gasteiger partial charge in [-0.05, 0) is 12.1 Å². The van der Waals surface area contributed by atoms with Crippen molar-refractivity contribution < 1.29 is 0 Å². The quantitative estimate of drug-likeness (QED) is 0.482. The van der Waals surface area contributed by atoms with Gasteiger partial charge in [0.2, 0.25) is 0 Å². The molecular weight excluding hydrogens is 189 g/mol. The van der Waals surface area contributed by atoms with Crippen LogP contribution in [0.3, 0.4) is 0 Å². The first-order valence-corrected chi connectivity index (χ1v) is 3.75. The number of hydrogen-bond donors (Lipinski definition) is 2. The van der Waals surface area contributed by atoms with E-state index < -0.39 is 0 Å². The number of nitrogen functional groups attached to an aromatic ring is 1. The zero-order valence-corrected chi connectivity index (χ0v) is 7.34. The van der Waals surface area contributed by atoms with Gasteiger partial charge in [0, 0.05) is 10.6 Å². The van der Waals surface area contributed by atoms with Crippen molar-refractivity contribution in [3.8, 4) is 0 Å². The van der Waals surface area contributed by atoms with Crippen molar-refractivity contribution in [3.63, 3.8) is 0 Å². The van der Waals surface area contributed by atoms with E-state index in [2.05, 4.69) is 12.6 Å². The van der Waals surface area contributed by atoms with E-state index >= 15 is 0 Å². The van der Waals surface area contributed by atoms with Gasteiger partial charge < -0.3 is 5.73 Å². The molecule has 2 N–H and O–H groups in total. The number of nitrogens with two attached hydrogens (primary N) is 1. The van der Waals surface area contributed by atoms with Crippen molar-refractivity contribution in [2.45, 2.75) is 4.90 Å². The smallest absolute Gasteiger partial charge is 0.0574 e. The maximum Gasteiger partial charge on any atom is 0.0574 e. The molecule has 0 aliphatic heterocycles. The maximum atomic E-state index is 5.68. The maximum absolute atomic E-state index is 5.68. The van der Waals surface area contributed by atoms with Crippen LogP contribution in [0.25, 0.3) is 0 Å². The molecule has 1 aromatic rings. The van der Waals surface area contributed by atoms with E-state index in [9.17, 15) is 0 Å². The van der Waals surface area contributed by atoms with Crippen molar-refractivity contribution in [1.29, 1.82) is 0 Å². The van der Waals surface area contributed by atoms with Crippen molar-refractivity contribution in [3.05, 3.63) is 22.2 Å². The minimum Gasteiger partial charge on any atom is -0.399 e. The zero-order valence-electron chi connectivity index (χ0n) is 4.94. The molecule has 0 unspecified atom stereocenters. The van der Waals surface area contributed by atoms with Crippen LogP contribution in [0.2, 0.25) is 10.0 Å². The first kappa shape index (κ1) is 8.05. The Morgan fingerprint density at radius 2 is 1.60 bits per heavy atom. The Kier molecular flexibility index (Phi) is 2.34. The van der Waals surface area contributed by atoms with Crippen LogP contribution in [0.5, 0.6) is 0 Å². The van der Waals surface area contributed by atoms with Gasteiger partial charge in [-0.1, -0.05) is 23.2 Å². The number of benzene rings is 1. The van der Waals surface area contributed by atoms with E-state index in [-0.39, 0.29) is 0 Å². The first-order chi connectivity index (χ1) is 4.61. The summed E-state index contributed by atoms with van der Waals surface area (Å²) >= 11 is 15.4. The Morgan fingerprint density at radius 1 is 1.20 bits per heavy atom. The van der Waals surface area contributed by atoms with Crippen molar-refractivity contribution >= 4 is 41.5 Å². The predicted octanol–water partition coefficient (Wildman–Crippen LogP) is 2.86. The minimum atomic E-state index is 0.480. The third-order valence-electron chi connectivity index (χ3n) is 1.04. The summed E-state index contributed by atoms with van der Waals surface area (Å²) in [5.74, 6) is 0. The highest BCUT2D eigenvalue weighted by molar-refractivity contribution is 7.80. The molecular formula is C6H5Cl2NS. The molecule has 1 rings (SSSR count). The Morgan fingerprint density at radius 3 is 2.00 bits per heavy atom. The Balaban J connectivity index is 3.31. The van der Waals surface area contributed by atoms with Crippen LogP contribution < -0.4 is 5.73 Å².